The van der Waals surface area contributed by atoms with Crippen molar-refractivity contribution in [2.45, 2.75) is 71.4 Å². The first kappa shape index (κ1) is 23.2. The summed E-state index contributed by atoms with van der Waals surface area (Å²) in [5.41, 5.74) is 0.983. The molecule has 2 fully saturated rings. The van der Waals surface area contributed by atoms with Crippen molar-refractivity contribution in [2.24, 2.45) is 5.41 Å². The fourth-order valence-electron chi connectivity index (χ4n) is 4.69. The number of carbonyl (C=O) groups is 3. The third-order valence-corrected chi connectivity index (χ3v) is 6.36. The quantitative estimate of drug-likeness (QED) is 0.595. The normalized spacial score (nSPS) is 20.8. The molecule has 3 rings (SSSR count). The molecule has 3 aliphatic rings. The van der Waals surface area contributed by atoms with Gasteiger partial charge in [0.15, 0.2) is 0 Å². The van der Waals surface area contributed by atoms with Crippen molar-refractivity contribution < 1.29 is 19.5 Å². The van der Waals surface area contributed by atoms with E-state index in [1.807, 2.05) is 23.0 Å². The highest BCUT2D eigenvalue weighted by Gasteiger charge is 2.41. The molecule has 31 heavy (non-hydrogen) atoms. The molecule has 0 aromatic rings. The van der Waals surface area contributed by atoms with Gasteiger partial charge in [0.1, 0.15) is 11.7 Å². The van der Waals surface area contributed by atoms with Gasteiger partial charge in [0.05, 0.1) is 13.3 Å². The number of hydrogen-bond acceptors (Lipinski definition) is 5. The highest BCUT2D eigenvalue weighted by Crippen LogP contribution is 2.29. The molecule has 1 atom stereocenters. The number of hydrogen-bond donors (Lipinski definition) is 2. The lowest BCUT2D eigenvalue weighted by molar-refractivity contribution is -0.136. The second kappa shape index (κ2) is 9.36. The molecule has 0 aromatic carbocycles. The van der Waals surface area contributed by atoms with Crippen LogP contribution in [0, 0.1) is 5.41 Å². The lowest BCUT2D eigenvalue weighted by Gasteiger charge is -2.38. The smallest absolute Gasteiger partial charge is 0.405 e. The average Bonchev–Trinajstić information content (AvgIpc) is 3.20. The predicted molar refractivity (Wildman–Crippen MR) is 117 cm³/mol. The minimum atomic E-state index is -1.16. The Morgan fingerprint density at radius 3 is 2.45 bits per heavy atom. The maximum absolute atomic E-state index is 13.0. The Balaban J connectivity index is 1.50. The Morgan fingerprint density at radius 2 is 1.87 bits per heavy atom. The van der Waals surface area contributed by atoms with Gasteiger partial charge in [0, 0.05) is 32.4 Å². The van der Waals surface area contributed by atoms with Crippen LogP contribution in [0.1, 0.15) is 59.3 Å². The standard InChI is InChI=1S/C22H37N5O4/c1-22(2,3)10-6-5-7-17(23-21(30)31)19(28)25-11-8-16(9-12-25)27-15-26-14-24(4)13-18(26)20(27)29/h13,16-17,23H,5-12,14-15H2,1-4H3,(H,30,31)/t17-/m1/s1. The number of amides is 3. The average molecular weight is 436 g/mol. The van der Waals surface area contributed by atoms with E-state index in [1.165, 1.54) is 0 Å². The molecule has 0 unspecified atom stereocenters. The van der Waals surface area contributed by atoms with Gasteiger partial charge in [0.25, 0.3) is 5.91 Å². The van der Waals surface area contributed by atoms with E-state index >= 15 is 0 Å². The Bertz CT molecular complexity index is 724. The van der Waals surface area contributed by atoms with Crippen molar-refractivity contribution in [3.05, 3.63) is 11.9 Å². The van der Waals surface area contributed by atoms with E-state index in [1.54, 1.807) is 4.90 Å². The van der Waals surface area contributed by atoms with Crippen LogP contribution in [-0.4, -0.2) is 88.2 Å². The SMILES string of the molecule is CN1C=C2C(=O)N(C3CCN(C(=O)[C@@H](CCCCC(C)(C)C)NC(=O)O)CC3)CN2C1. The second-order valence-corrected chi connectivity index (χ2v) is 10.2. The molecule has 0 radical (unpaired) electrons. The maximum Gasteiger partial charge on any atom is 0.405 e. The van der Waals surface area contributed by atoms with Crippen molar-refractivity contribution >= 4 is 17.9 Å². The number of carbonyl (C=O) groups excluding carboxylic acids is 2. The van der Waals surface area contributed by atoms with Gasteiger partial charge in [-0.1, -0.05) is 33.6 Å². The van der Waals surface area contributed by atoms with Crippen molar-refractivity contribution in [1.29, 1.82) is 0 Å². The van der Waals surface area contributed by atoms with Crippen LogP contribution >= 0.6 is 0 Å². The molecule has 0 spiro atoms. The molecule has 9 heteroatoms. The van der Waals surface area contributed by atoms with Crippen LogP contribution in [0.3, 0.4) is 0 Å². The van der Waals surface area contributed by atoms with E-state index in [0.717, 1.165) is 44.5 Å². The van der Waals surface area contributed by atoms with E-state index in [2.05, 4.69) is 31.0 Å². The van der Waals surface area contributed by atoms with Gasteiger partial charge in [-0.25, -0.2) is 4.79 Å². The summed E-state index contributed by atoms with van der Waals surface area (Å²) < 4.78 is 0. The summed E-state index contributed by atoms with van der Waals surface area (Å²) in [5, 5.41) is 11.6. The van der Waals surface area contributed by atoms with Gasteiger partial charge in [0.2, 0.25) is 5.91 Å². The molecule has 0 aliphatic carbocycles. The predicted octanol–water partition coefficient (Wildman–Crippen LogP) is 2.07. The summed E-state index contributed by atoms with van der Waals surface area (Å²) >= 11 is 0. The van der Waals surface area contributed by atoms with Crippen LogP contribution in [0.15, 0.2) is 11.9 Å². The summed E-state index contributed by atoms with van der Waals surface area (Å²) in [6.07, 6.45) is 5.51. The van der Waals surface area contributed by atoms with E-state index in [-0.39, 0.29) is 23.3 Å². The number of nitrogens with one attached hydrogen (secondary N) is 1. The van der Waals surface area contributed by atoms with Gasteiger partial charge in [-0.05, 0) is 31.1 Å². The first-order chi connectivity index (χ1) is 14.5. The third-order valence-electron chi connectivity index (χ3n) is 6.36. The molecule has 3 heterocycles. The minimum absolute atomic E-state index is 0.0680. The Kier molecular flexibility index (Phi) is 7.01. The van der Waals surface area contributed by atoms with Crippen LogP contribution in [0.2, 0.25) is 0 Å². The molecule has 2 N–H and O–H groups in total. The number of carboxylic acid groups (broad SMARTS) is 1. The molecule has 9 nitrogen and oxygen atoms in total. The third kappa shape index (κ3) is 5.83. The number of likely N-dealkylation sites (tertiary alicyclic amines) is 1. The lowest BCUT2D eigenvalue weighted by Crippen LogP contribution is -2.53. The summed E-state index contributed by atoms with van der Waals surface area (Å²) in [6.45, 7) is 8.97. The topological polar surface area (TPSA) is 96.4 Å². The van der Waals surface area contributed by atoms with Crippen LogP contribution < -0.4 is 5.32 Å². The van der Waals surface area contributed by atoms with Crippen molar-refractivity contribution in [3.8, 4) is 0 Å². The number of nitrogens with zero attached hydrogens (tertiary/aromatic N) is 4. The van der Waals surface area contributed by atoms with Crippen LogP contribution in [-0.2, 0) is 9.59 Å². The van der Waals surface area contributed by atoms with Crippen molar-refractivity contribution in [3.63, 3.8) is 0 Å². The van der Waals surface area contributed by atoms with Gasteiger partial charge < -0.3 is 30.0 Å². The van der Waals surface area contributed by atoms with E-state index in [4.69, 9.17) is 0 Å². The zero-order valence-corrected chi connectivity index (χ0v) is 19.3. The maximum atomic E-state index is 13.0. The summed E-state index contributed by atoms with van der Waals surface area (Å²) in [4.78, 5) is 44.7. The fraction of sp³-hybridized carbons (Fsp3) is 0.773. The molecule has 0 aromatic heterocycles. The zero-order valence-electron chi connectivity index (χ0n) is 19.3. The largest absolute Gasteiger partial charge is 0.465 e. The first-order valence-electron chi connectivity index (χ1n) is 11.3. The number of unbranched alkanes of at least 4 members (excludes halogenated alkanes) is 1. The lowest BCUT2D eigenvalue weighted by atomic mass is 9.89. The van der Waals surface area contributed by atoms with E-state index in [9.17, 15) is 19.5 Å². The Labute approximate surface area is 185 Å². The van der Waals surface area contributed by atoms with E-state index in [0.29, 0.717) is 26.2 Å². The van der Waals surface area contributed by atoms with Crippen LogP contribution in [0.5, 0.6) is 0 Å². The minimum Gasteiger partial charge on any atom is -0.465 e. The van der Waals surface area contributed by atoms with Gasteiger partial charge in [-0.3, -0.25) is 9.59 Å². The molecular weight excluding hydrogens is 398 g/mol. The van der Waals surface area contributed by atoms with Crippen molar-refractivity contribution in [1.82, 2.24) is 24.9 Å². The molecule has 3 amide bonds. The summed E-state index contributed by atoms with van der Waals surface area (Å²) in [7, 11) is 1.96. The summed E-state index contributed by atoms with van der Waals surface area (Å²) in [5.74, 6) is -0.0762. The molecular formula is C22H37N5O4. The monoisotopic (exact) mass is 435 g/mol. The van der Waals surface area contributed by atoms with E-state index < -0.39 is 12.1 Å². The second-order valence-electron chi connectivity index (χ2n) is 10.2. The summed E-state index contributed by atoms with van der Waals surface area (Å²) in [6, 6.07) is -0.584. The zero-order chi connectivity index (χ0) is 22.8. The number of fused-ring (bicyclic) bond motifs is 1. The Hall–Kier alpha value is -2.45. The van der Waals surface area contributed by atoms with Gasteiger partial charge in [-0.2, -0.15) is 0 Å². The Morgan fingerprint density at radius 1 is 1.19 bits per heavy atom. The molecule has 3 aliphatic heterocycles. The molecule has 174 valence electrons. The highest BCUT2D eigenvalue weighted by atomic mass is 16.4. The first-order valence-corrected chi connectivity index (χ1v) is 11.3. The molecule has 0 bridgehead atoms. The van der Waals surface area contributed by atoms with Crippen LogP contribution in [0.25, 0.3) is 0 Å². The highest BCUT2D eigenvalue weighted by molar-refractivity contribution is 5.95. The van der Waals surface area contributed by atoms with Crippen molar-refractivity contribution in [2.75, 3.05) is 33.5 Å². The van der Waals surface area contributed by atoms with Gasteiger partial charge in [-0.15, -0.1) is 0 Å². The van der Waals surface area contributed by atoms with Gasteiger partial charge >= 0.3 is 6.09 Å². The number of piperidine rings is 1. The fourth-order valence-corrected chi connectivity index (χ4v) is 4.69. The van der Waals surface area contributed by atoms with Crippen LogP contribution in [0.4, 0.5) is 4.79 Å². The molecule has 0 saturated carbocycles. The number of rotatable bonds is 7. The molecule has 2 saturated heterocycles.